The molecule has 0 radical (unpaired) electrons. The summed E-state index contributed by atoms with van der Waals surface area (Å²) in [6, 6.07) is 6.79. The van der Waals surface area contributed by atoms with Gasteiger partial charge in [0.25, 0.3) is 0 Å². The molecule has 0 heterocycles. The monoisotopic (exact) mass is 1040 g/mol. The third kappa shape index (κ3) is 6.32. The van der Waals surface area contributed by atoms with E-state index < -0.39 is 39.9 Å². The Hall–Kier alpha value is 0.650. The zero-order valence-electron chi connectivity index (χ0n) is 15.6. The van der Waals surface area contributed by atoms with E-state index in [0.29, 0.717) is 3.57 Å². The van der Waals surface area contributed by atoms with Crippen LogP contribution in [0, 0.1) is 41.1 Å². The normalized spacial score (nSPS) is 11.0. The largest absolute Gasteiger partial charge is 0.457 e. The van der Waals surface area contributed by atoms with Crippen molar-refractivity contribution in [2.75, 3.05) is 0 Å². The van der Waals surface area contributed by atoms with Crippen LogP contribution in [0.3, 0.4) is 0 Å². The molecule has 13 heteroatoms. The summed E-state index contributed by atoms with van der Waals surface area (Å²) in [4.78, 5) is 11.8. The topological polar surface area (TPSA) is 35.5 Å². The fraction of sp³-hybridized carbons (Fsp3) is 0.0500. The highest BCUT2D eigenvalue weighted by Gasteiger charge is 2.28. The second-order valence-electron chi connectivity index (χ2n) is 6.24. The van der Waals surface area contributed by atoms with Gasteiger partial charge in [0.15, 0.2) is 17.4 Å². The first-order chi connectivity index (χ1) is 15.4. The van der Waals surface area contributed by atoms with E-state index in [2.05, 4.69) is 80.4 Å². The highest BCUT2D eigenvalue weighted by Crippen LogP contribution is 2.38. The summed E-state index contributed by atoms with van der Waals surface area (Å²) in [6.07, 6.45) is 0. The van der Waals surface area contributed by atoms with Gasteiger partial charge in [0.05, 0.1) is 8.47 Å². The number of carbonyl (C=O) groups excluding carboxylic acids is 1. The second-order valence-corrected chi connectivity index (χ2v) is 12.6. The summed E-state index contributed by atoms with van der Waals surface area (Å²) in [7, 11) is 0. The van der Waals surface area contributed by atoms with Crippen molar-refractivity contribution < 1.29 is 31.8 Å². The Morgan fingerprint density at radius 1 is 0.788 bits per heavy atom. The number of ether oxygens (including phenoxy) is 2. The zero-order chi connectivity index (χ0) is 24.6. The highest BCUT2D eigenvalue weighted by molar-refractivity contribution is 14.1. The molecule has 0 saturated heterocycles. The molecule has 0 fully saturated rings. The summed E-state index contributed by atoms with van der Waals surface area (Å²) < 4.78 is 71.0. The van der Waals surface area contributed by atoms with E-state index in [0.717, 1.165) is 16.3 Å². The van der Waals surface area contributed by atoms with Crippen molar-refractivity contribution in [2.24, 2.45) is 0 Å². The van der Waals surface area contributed by atoms with Crippen LogP contribution in [0.5, 0.6) is 11.5 Å². The van der Waals surface area contributed by atoms with Crippen molar-refractivity contribution in [3.05, 3.63) is 76.5 Å². The van der Waals surface area contributed by atoms with Crippen LogP contribution in [0.2, 0.25) is 0 Å². The van der Waals surface area contributed by atoms with Gasteiger partial charge in [-0.15, -0.1) is 12.6 Å². The molecular formula is C20H7F4I5O3S. The zero-order valence-corrected chi connectivity index (χ0v) is 27.3. The number of halogens is 9. The van der Waals surface area contributed by atoms with Crippen LogP contribution in [0.1, 0.15) is 15.9 Å². The Bertz CT molecular complexity index is 1260. The molecule has 0 bridgehead atoms. The molecule has 0 aliphatic heterocycles. The summed E-state index contributed by atoms with van der Waals surface area (Å²) >= 11 is 13.6. The number of hydrogen-bond acceptors (Lipinski definition) is 4. The molecule has 0 spiro atoms. The van der Waals surface area contributed by atoms with Gasteiger partial charge in [-0.25, -0.2) is 13.6 Å². The van der Waals surface area contributed by atoms with Crippen LogP contribution >= 0.6 is 126 Å². The molecule has 3 rings (SSSR count). The van der Waals surface area contributed by atoms with E-state index in [-0.39, 0.29) is 21.5 Å². The van der Waals surface area contributed by atoms with E-state index >= 15 is 0 Å². The summed E-state index contributed by atoms with van der Waals surface area (Å²) in [5.41, 5.74) is 0.616. The maximum Gasteiger partial charge on any atom is 0.342 e. The predicted molar refractivity (Wildman–Crippen MR) is 159 cm³/mol. The standard InChI is InChI=1S/C20H7F4I5O3S/c21-12-14(23)19(33)15(24)13(22)18(12)32-17-9(2-8(26)4-11(17)28)20(30)31-5-6-1-7(25)3-10(27)16(6)29/h1-4,33H,5H2. The predicted octanol–water partition coefficient (Wildman–Crippen LogP) is 8.70. The molecule has 3 aromatic rings. The molecule has 174 valence electrons. The number of rotatable bonds is 5. The van der Waals surface area contributed by atoms with E-state index in [1.54, 1.807) is 28.7 Å². The summed E-state index contributed by atoms with van der Waals surface area (Å²) in [6.45, 7) is -0.0637. The van der Waals surface area contributed by atoms with Crippen molar-refractivity contribution in [3.8, 4) is 11.5 Å². The van der Waals surface area contributed by atoms with Crippen molar-refractivity contribution in [1.82, 2.24) is 0 Å². The molecular weight excluding hydrogens is 1030 g/mol. The first kappa shape index (κ1) is 28.2. The second kappa shape index (κ2) is 11.8. The maximum absolute atomic E-state index is 14.3. The number of benzene rings is 3. The number of hydrogen-bond donors (Lipinski definition) is 1. The van der Waals surface area contributed by atoms with Gasteiger partial charge in [-0.1, -0.05) is 0 Å². The average Bonchev–Trinajstić information content (AvgIpc) is 2.76. The van der Waals surface area contributed by atoms with Gasteiger partial charge >= 0.3 is 5.97 Å². The smallest absolute Gasteiger partial charge is 0.342 e. The minimum atomic E-state index is -1.77. The van der Waals surface area contributed by atoms with Gasteiger partial charge in [-0.3, -0.25) is 0 Å². The van der Waals surface area contributed by atoms with Gasteiger partial charge in [-0.05, 0) is 137 Å². The van der Waals surface area contributed by atoms with Crippen molar-refractivity contribution in [2.45, 2.75) is 11.5 Å². The van der Waals surface area contributed by atoms with E-state index in [1.807, 2.05) is 34.7 Å². The highest BCUT2D eigenvalue weighted by atomic mass is 127. The van der Waals surface area contributed by atoms with E-state index in [1.165, 1.54) is 6.07 Å². The van der Waals surface area contributed by atoms with Crippen LogP contribution in [0.4, 0.5) is 17.6 Å². The molecule has 33 heavy (non-hydrogen) atoms. The molecule has 0 N–H and O–H groups in total. The fourth-order valence-electron chi connectivity index (χ4n) is 2.54. The number of carbonyl (C=O) groups is 1. The molecule has 3 nitrogen and oxygen atoms in total. The summed E-state index contributed by atoms with van der Waals surface area (Å²) in [5, 5.41) is 0. The Kier molecular flexibility index (Phi) is 10.1. The third-order valence-corrected chi connectivity index (χ3v) is 9.66. The SMILES string of the molecule is O=C(OCc1cc(I)cc(I)c1I)c1cc(I)cc(I)c1Oc1c(F)c(F)c(S)c(F)c1F. The molecule has 0 unspecified atom stereocenters. The maximum atomic E-state index is 14.3. The van der Waals surface area contributed by atoms with E-state index in [9.17, 15) is 22.4 Å². The summed E-state index contributed by atoms with van der Waals surface area (Å²) in [5.74, 6) is -9.40. The Morgan fingerprint density at radius 2 is 1.33 bits per heavy atom. The minimum absolute atomic E-state index is 0.0637. The Balaban J connectivity index is 2.00. The molecule has 3 aromatic carbocycles. The van der Waals surface area contributed by atoms with Crippen LogP contribution in [-0.2, 0) is 11.3 Å². The lowest BCUT2D eigenvalue weighted by Crippen LogP contribution is -2.11. The third-order valence-electron chi connectivity index (χ3n) is 4.06. The molecule has 0 aromatic heterocycles. The van der Waals surface area contributed by atoms with Gasteiger partial charge in [0.1, 0.15) is 12.2 Å². The molecule has 0 aliphatic rings. The average molecular weight is 1040 g/mol. The van der Waals surface area contributed by atoms with E-state index in [4.69, 9.17) is 9.47 Å². The Labute approximate surface area is 259 Å². The van der Waals surface area contributed by atoms with Crippen molar-refractivity contribution >= 4 is 132 Å². The van der Waals surface area contributed by atoms with Crippen molar-refractivity contribution in [3.63, 3.8) is 0 Å². The molecule has 0 atom stereocenters. The van der Waals surface area contributed by atoms with Crippen molar-refractivity contribution in [1.29, 1.82) is 0 Å². The first-order valence-corrected chi connectivity index (χ1v) is 14.3. The molecule has 0 amide bonds. The quantitative estimate of drug-likeness (QED) is 0.0915. The minimum Gasteiger partial charge on any atom is -0.457 e. The van der Waals surface area contributed by atoms with Gasteiger partial charge in [0.2, 0.25) is 17.4 Å². The van der Waals surface area contributed by atoms with Crippen LogP contribution in [0.25, 0.3) is 0 Å². The first-order valence-electron chi connectivity index (χ1n) is 8.44. The lowest BCUT2D eigenvalue weighted by atomic mass is 10.2. The Morgan fingerprint density at radius 3 is 1.94 bits per heavy atom. The lowest BCUT2D eigenvalue weighted by Gasteiger charge is -2.16. The lowest BCUT2D eigenvalue weighted by molar-refractivity contribution is 0.0468. The van der Waals surface area contributed by atoms with Crippen LogP contribution < -0.4 is 4.74 Å². The van der Waals surface area contributed by atoms with Gasteiger partial charge in [0, 0.05) is 19.8 Å². The number of esters is 1. The number of thiol groups is 1. The molecule has 0 aliphatic carbocycles. The van der Waals surface area contributed by atoms with Crippen LogP contribution in [-0.4, -0.2) is 5.97 Å². The van der Waals surface area contributed by atoms with Gasteiger partial charge in [-0.2, -0.15) is 8.78 Å². The molecule has 0 saturated carbocycles. The van der Waals surface area contributed by atoms with Gasteiger partial charge < -0.3 is 9.47 Å². The fourth-order valence-corrected chi connectivity index (χ4v) is 7.13. The van der Waals surface area contributed by atoms with Crippen LogP contribution in [0.15, 0.2) is 29.2 Å².